The van der Waals surface area contributed by atoms with E-state index in [1.54, 1.807) is 13.8 Å². The Labute approximate surface area is 121 Å². The fraction of sp³-hybridized carbons (Fsp3) is 0.647. The second kappa shape index (κ2) is 6.57. The molecule has 1 aromatic carbocycles. The number of benzene rings is 1. The first-order valence-electron chi connectivity index (χ1n) is 7.79. The van der Waals surface area contributed by atoms with Crippen molar-refractivity contribution in [1.82, 2.24) is 0 Å². The quantitative estimate of drug-likeness (QED) is 0.889. The van der Waals surface area contributed by atoms with Crippen molar-refractivity contribution in [2.24, 2.45) is 0 Å². The minimum atomic E-state index is -0.638. The molecule has 112 valence electrons. The second-order valence-electron chi connectivity index (χ2n) is 5.94. The van der Waals surface area contributed by atoms with E-state index in [0.29, 0.717) is 17.2 Å². The Morgan fingerprint density at radius 2 is 2.10 bits per heavy atom. The van der Waals surface area contributed by atoms with Gasteiger partial charge < -0.3 is 10.0 Å². The maximum atomic E-state index is 13.8. The lowest BCUT2D eigenvalue weighted by atomic mass is 10.0. The van der Waals surface area contributed by atoms with Gasteiger partial charge in [-0.15, -0.1) is 0 Å². The van der Waals surface area contributed by atoms with Crippen LogP contribution in [-0.4, -0.2) is 17.7 Å². The van der Waals surface area contributed by atoms with Gasteiger partial charge in [0.2, 0.25) is 0 Å². The van der Waals surface area contributed by atoms with Crippen LogP contribution in [0.5, 0.6) is 0 Å². The van der Waals surface area contributed by atoms with Crippen molar-refractivity contribution >= 4 is 5.69 Å². The molecular formula is C17H26FNO. The average Bonchev–Trinajstić information content (AvgIpc) is 2.66. The van der Waals surface area contributed by atoms with Gasteiger partial charge in [0, 0.05) is 23.8 Å². The lowest BCUT2D eigenvalue weighted by molar-refractivity contribution is 0.199. The third-order valence-corrected chi connectivity index (χ3v) is 4.42. The van der Waals surface area contributed by atoms with Gasteiger partial charge in [0.15, 0.2) is 0 Å². The van der Waals surface area contributed by atoms with Gasteiger partial charge in [0.1, 0.15) is 5.82 Å². The Balaban J connectivity index is 2.45. The van der Waals surface area contributed by atoms with Crippen molar-refractivity contribution in [2.75, 3.05) is 11.4 Å². The molecular weight excluding hydrogens is 253 g/mol. The summed E-state index contributed by atoms with van der Waals surface area (Å²) in [6.07, 6.45) is 5.34. The van der Waals surface area contributed by atoms with Crippen LogP contribution in [0.3, 0.4) is 0 Å². The molecule has 2 rings (SSSR count). The predicted molar refractivity (Wildman–Crippen MR) is 81.7 cm³/mol. The van der Waals surface area contributed by atoms with Crippen LogP contribution in [0.15, 0.2) is 12.1 Å². The molecule has 0 bridgehead atoms. The van der Waals surface area contributed by atoms with E-state index in [-0.39, 0.29) is 5.82 Å². The number of aliphatic hydroxyl groups excluding tert-OH is 1. The van der Waals surface area contributed by atoms with E-state index >= 15 is 0 Å². The molecule has 0 radical (unpaired) electrons. The van der Waals surface area contributed by atoms with Crippen molar-refractivity contribution in [3.63, 3.8) is 0 Å². The van der Waals surface area contributed by atoms with Crippen molar-refractivity contribution in [1.29, 1.82) is 0 Å². The number of rotatable bonds is 3. The first-order valence-corrected chi connectivity index (χ1v) is 7.79. The highest BCUT2D eigenvalue weighted by Gasteiger charge is 2.24. The molecule has 0 spiro atoms. The summed E-state index contributed by atoms with van der Waals surface area (Å²) in [4.78, 5) is 2.39. The van der Waals surface area contributed by atoms with Crippen LogP contribution in [0.25, 0.3) is 0 Å². The fourth-order valence-corrected chi connectivity index (χ4v) is 3.18. The van der Waals surface area contributed by atoms with Crippen LogP contribution in [0.4, 0.5) is 10.1 Å². The zero-order valence-electron chi connectivity index (χ0n) is 12.8. The number of hydrogen-bond donors (Lipinski definition) is 1. The molecule has 1 heterocycles. The maximum absolute atomic E-state index is 13.8. The number of anilines is 1. The largest absolute Gasteiger partial charge is 0.389 e. The summed E-state index contributed by atoms with van der Waals surface area (Å²) in [5.41, 5.74) is 2.39. The molecule has 2 atom stereocenters. The molecule has 1 aliphatic heterocycles. The van der Waals surface area contributed by atoms with Crippen LogP contribution in [0.1, 0.15) is 63.2 Å². The van der Waals surface area contributed by atoms with Gasteiger partial charge >= 0.3 is 0 Å². The van der Waals surface area contributed by atoms with Crippen molar-refractivity contribution < 1.29 is 9.50 Å². The minimum Gasteiger partial charge on any atom is -0.389 e. The Morgan fingerprint density at radius 1 is 1.35 bits per heavy atom. The molecule has 20 heavy (non-hydrogen) atoms. The second-order valence-corrected chi connectivity index (χ2v) is 5.94. The summed E-state index contributed by atoms with van der Waals surface area (Å²) in [6.45, 7) is 6.72. The minimum absolute atomic E-state index is 0.229. The SMILES string of the molecule is CCC1CCCCCN1c1cc(C)c(F)cc1[C@@H](C)O. The fourth-order valence-electron chi connectivity index (χ4n) is 3.18. The average molecular weight is 279 g/mol. The van der Waals surface area contributed by atoms with E-state index in [9.17, 15) is 9.50 Å². The number of aliphatic hydroxyl groups is 1. The molecule has 0 aliphatic carbocycles. The van der Waals surface area contributed by atoms with E-state index in [2.05, 4.69) is 11.8 Å². The number of halogens is 1. The molecule has 1 unspecified atom stereocenters. The lowest BCUT2D eigenvalue weighted by Gasteiger charge is -2.34. The topological polar surface area (TPSA) is 23.5 Å². The third kappa shape index (κ3) is 3.14. The van der Waals surface area contributed by atoms with Gasteiger partial charge in [-0.3, -0.25) is 0 Å². The van der Waals surface area contributed by atoms with Gasteiger partial charge in [-0.25, -0.2) is 4.39 Å². The third-order valence-electron chi connectivity index (χ3n) is 4.42. The Kier molecular flexibility index (Phi) is 5.03. The van der Waals surface area contributed by atoms with E-state index in [0.717, 1.165) is 18.7 Å². The molecule has 2 nitrogen and oxygen atoms in total. The summed E-state index contributed by atoms with van der Waals surface area (Å²) in [5, 5.41) is 9.99. The summed E-state index contributed by atoms with van der Waals surface area (Å²) in [7, 11) is 0. The summed E-state index contributed by atoms with van der Waals surface area (Å²) in [5.74, 6) is -0.229. The van der Waals surface area contributed by atoms with Crippen LogP contribution >= 0.6 is 0 Å². The molecule has 0 saturated carbocycles. The first kappa shape index (κ1) is 15.3. The molecule has 1 fully saturated rings. The van der Waals surface area contributed by atoms with Crippen LogP contribution in [0, 0.1) is 12.7 Å². The monoisotopic (exact) mass is 279 g/mol. The number of nitrogens with zero attached hydrogens (tertiary/aromatic N) is 1. The highest BCUT2D eigenvalue weighted by Crippen LogP contribution is 2.33. The smallest absolute Gasteiger partial charge is 0.126 e. The predicted octanol–water partition coefficient (Wildman–Crippen LogP) is 4.35. The van der Waals surface area contributed by atoms with Gasteiger partial charge in [-0.1, -0.05) is 19.8 Å². The van der Waals surface area contributed by atoms with Crippen molar-refractivity contribution in [2.45, 2.75) is 65.0 Å². The van der Waals surface area contributed by atoms with E-state index < -0.39 is 6.10 Å². The molecule has 1 aromatic rings. The van der Waals surface area contributed by atoms with Gasteiger partial charge in [0.05, 0.1) is 6.10 Å². The number of hydrogen-bond acceptors (Lipinski definition) is 2. The van der Waals surface area contributed by atoms with Crippen molar-refractivity contribution in [3.8, 4) is 0 Å². The molecule has 0 aromatic heterocycles. The van der Waals surface area contributed by atoms with Crippen LogP contribution in [0.2, 0.25) is 0 Å². The normalized spacial score (nSPS) is 21.6. The number of aryl methyl sites for hydroxylation is 1. The summed E-state index contributed by atoms with van der Waals surface area (Å²) in [6, 6.07) is 3.91. The highest BCUT2D eigenvalue weighted by molar-refractivity contribution is 5.57. The van der Waals surface area contributed by atoms with Gasteiger partial charge in [0.25, 0.3) is 0 Å². The van der Waals surface area contributed by atoms with Gasteiger partial charge in [-0.2, -0.15) is 0 Å². The van der Waals surface area contributed by atoms with E-state index in [1.165, 1.54) is 31.7 Å². The molecule has 3 heteroatoms. The Hall–Kier alpha value is -1.09. The highest BCUT2D eigenvalue weighted by atomic mass is 19.1. The molecule has 1 N–H and O–H groups in total. The molecule has 1 saturated heterocycles. The van der Waals surface area contributed by atoms with Crippen molar-refractivity contribution in [3.05, 3.63) is 29.1 Å². The zero-order valence-corrected chi connectivity index (χ0v) is 12.8. The molecule has 0 amide bonds. The maximum Gasteiger partial charge on any atom is 0.126 e. The first-order chi connectivity index (χ1) is 9.54. The lowest BCUT2D eigenvalue weighted by Crippen LogP contribution is -2.35. The standard InChI is InChI=1S/C17H26FNO/c1-4-14-8-6-5-7-9-19(14)17-10-12(2)16(18)11-15(17)13(3)20/h10-11,13-14,20H,4-9H2,1-3H3/t13-,14?/m1/s1. The molecule has 1 aliphatic rings. The van der Waals surface area contributed by atoms with E-state index in [4.69, 9.17) is 0 Å². The Morgan fingerprint density at radius 3 is 2.75 bits per heavy atom. The van der Waals surface area contributed by atoms with E-state index in [1.807, 2.05) is 6.07 Å². The summed E-state index contributed by atoms with van der Waals surface area (Å²) >= 11 is 0. The summed E-state index contributed by atoms with van der Waals surface area (Å²) < 4.78 is 13.8. The van der Waals surface area contributed by atoms with Crippen LogP contribution in [-0.2, 0) is 0 Å². The Bertz CT molecular complexity index is 459. The zero-order chi connectivity index (χ0) is 14.7. The van der Waals surface area contributed by atoms with Crippen LogP contribution < -0.4 is 4.90 Å². The van der Waals surface area contributed by atoms with Gasteiger partial charge in [-0.05, 0) is 50.8 Å².